The third kappa shape index (κ3) is 5.16. The molecular formula is C15H12F2IN3O4-2. The summed E-state index contributed by atoms with van der Waals surface area (Å²) in [5.74, 6) is -3.58. The summed E-state index contributed by atoms with van der Waals surface area (Å²) in [5, 5.41) is 24.2. The molecule has 2 aromatic carbocycles. The van der Waals surface area contributed by atoms with Crippen LogP contribution in [0.25, 0.3) is 0 Å². The Kier molecular flexibility index (Phi) is 6.36. The summed E-state index contributed by atoms with van der Waals surface area (Å²) >= 11 is -1.81. The zero-order valence-corrected chi connectivity index (χ0v) is 14.9. The normalized spacial score (nSPS) is 10.8. The number of benzene rings is 2. The Balaban J connectivity index is 2.21. The van der Waals surface area contributed by atoms with E-state index in [1.807, 2.05) is 0 Å². The fraction of sp³-hybridized carbons (Fsp3) is 0.0667. The Hall–Kier alpha value is -2.15. The Morgan fingerprint density at radius 3 is 2.16 bits per heavy atom. The van der Waals surface area contributed by atoms with Crippen molar-refractivity contribution >= 4 is 23.2 Å². The second-order valence-electron chi connectivity index (χ2n) is 4.74. The molecule has 0 atom stereocenters. The van der Waals surface area contributed by atoms with Crippen LogP contribution in [0.1, 0.15) is 17.3 Å². The molecule has 10 heteroatoms. The van der Waals surface area contributed by atoms with E-state index in [1.165, 1.54) is 31.2 Å². The van der Waals surface area contributed by atoms with Crippen molar-refractivity contribution in [3.63, 3.8) is 0 Å². The van der Waals surface area contributed by atoms with Crippen molar-refractivity contribution in [3.05, 3.63) is 62.4 Å². The number of nitrogens with zero attached hydrogens (tertiary/aromatic N) is 1. The molecule has 2 aromatic rings. The topological polar surface area (TPSA) is 105 Å². The van der Waals surface area contributed by atoms with E-state index in [4.69, 9.17) is 5.21 Å². The molecule has 0 aliphatic heterocycles. The fourth-order valence-corrected chi connectivity index (χ4v) is 3.18. The average Bonchev–Trinajstić information content (AvgIpc) is 2.51. The molecule has 0 aliphatic carbocycles. The number of carbonyl (C=O) groups excluding carboxylic acids is 2. The number of anilines is 2. The molecule has 25 heavy (non-hydrogen) atoms. The second-order valence-corrected chi connectivity index (χ2v) is 7.21. The van der Waals surface area contributed by atoms with Gasteiger partial charge in [0.2, 0.25) is 0 Å². The van der Waals surface area contributed by atoms with Crippen LogP contribution in [0.4, 0.5) is 20.2 Å². The van der Waals surface area contributed by atoms with Gasteiger partial charge in [0.05, 0.1) is 0 Å². The molecule has 3 N–H and O–H groups in total. The summed E-state index contributed by atoms with van der Waals surface area (Å²) in [4.78, 5) is 23.1. The molecular weight excluding hydrogens is 451 g/mol. The van der Waals surface area contributed by atoms with Crippen LogP contribution in [-0.4, -0.2) is 20.5 Å². The van der Waals surface area contributed by atoms with Gasteiger partial charge in [-0.25, -0.2) is 0 Å². The minimum atomic E-state index is -1.81. The first-order valence-electron chi connectivity index (χ1n) is 6.76. The molecule has 0 bridgehead atoms. The molecule has 2 rings (SSSR count). The SMILES string of the molecule is CC(=O)Nc1ccc(NC(=O)c2c(F)ccc([I-]N([O-])O)c2F)cc1. The maximum absolute atomic E-state index is 14.3. The number of nitrogens with one attached hydrogen (secondary N) is 2. The van der Waals surface area contributed by atoms with Crippen LogP contribution in [0.2, 0.25) is 0 Å². The van der Waals surface area contributed by atoms with Crippen molar-refractivity contribution < 1.29 is 45.1 Å². The van der Waals surface area contributed by atoms with Gasteiger partial charge in [-0.1, -0.05) is 0 Å². The Morgan fingerprint density at radius 2 is 1.64 bits per heavy atom. The quantitative estimate of drug-likeness (QED) is 0.241. The first-order chi connectivity index (χ1) is 11.8. The van der Waals surface area contributed by atoms with Crippen molar-refractivity contribution in [3.8, 4) is 0 Å². The Morgan fingerprint density at radius 1 is 1.08 bits per heavy atom. The third-order valence-corrected chi connectivity index (χ3v) is 4.66. The molecule has 0 saturated heterocycles. The molecule has 0 unspecified atom stereocenters. The minimum absolute atomic E-state index is 0.219. The summed E-state index contributed by atoms with van der Waals surface area (Å²) in [6.45, 7) is 1.34. The van der Waals surface area contributed by atoms with Crippen LogP contribution in [0, 0.1) is 20.4 Å². The molecule has 0 saturated carbocycles. The zero-order valence-electron chi connectivity index (χ0n) is 12.7. The molecule has 0 radical (unpaired) electrons. The Bertz CT molecular complexity index is 800. The van der Waals surface area contributed by atoms with Gasteiger partial charge in [-0.3, -0.25) is 0 Å². The summed E-state index contributed by atoms with van der Waals surface area (Å²) in [7, 11) is 0. The molecule has 2 amide bonds. The predicted molar refractivity (Wildman–Crippen MR) is 80.7 cm³/mol. The number of hydrogen-bond donors (Lipinski definition) is 3. The van der Waals surface area contributed by atoms with Gasteiger partial charge in [0, 0.05) is 0 Å². The molecule has 0 aromatic heterocycles. The van der Waals surface area contributed by atoms with Crippen molar-refractivity contribution in [2.75, 3.05) is 10.6 Å². The molecule has 0 fully saturated rings. The molecule has 7 nitrogen and oxygen atoms in total. The van der Waals surface area contributed by atoms with Crippen LogP contribution in [0.3, 0.4) is 0 Å². The van der Waals surface area contributed by atoms with E-state index in [9.17, 15) is 23.6 Å². The summed E-state index contributed by atoms with van der Waals surface area (Å²) in [5.41, 5.74) is -0.0938. The van der Waals surface area contributed by atoms with Gasteiger partial charge in [0.1, 0.15) is 0 Å². The number of halogens is 3. The molecule has 134 valence electrons. The molecule has 0 spiro atoms. The van der Waals surface area contributed by atoms with E-state index in [0.717, 1.165) is 12.1 Å². The van der Waals surface area contributed by atoms with Crippen molar-refractivity contribution in [2.24, 2.45) is 0 Å². The first kappa shape index (κ1) is 19.2. The fourth-order valence-electron chi connectivity index (χ4n) is 1.91. The summed E-state index contributed by atoms with van der Waals surface area (Å²) < 4.78 is 27.5. The van der Waals surface area contributed by atoms with Crippen molar-refractivity contribution in [1.82, 2.24) is 3.44 Å². The number of carbonyl (C=O) groups is 2. The van der Waals surface area contributed by atoms with E-state index in [0.29, 0.717) is 5.69 Å². The monoisotopic (exact) mass is 463 g/mol. The van der Waals surface area contributed by atoms with E-state index in [1.54, 1.807) is 0 Å². The van der Waals surface area contributed by atoms with Gasteiger partial charge >= 0.3 is 152 Å². The van der Waals surface area contributed by atoms with Gasteiger partial charge in [-0.2, -0.15) is 0 Å². The van der Waals surface area contributed by atoms with Crippen LogP contribution in [0.5, 0.6) is 0 Å². The van der Waals surface area contributed by atoms with Gasteiger partial charge in [0.15, 0.2) is 0 Å². The summed E-state index contributed by atoms with van der Waals surface area (Å²) in [6.07, 6.45) is 0. The molecule has 0 aliphatic rings. The number of amides is 2. The van der Waals surface area contributed by atoms with Gasteiger partial charge in [-0.05, 0) is 0 Å². The predicted octanol–water partition coefficient (Wildman–Crippen LogP) is -0.462. The second kappa shape index (κ2) is 8.29. The van der Waals surface area contributed by atoms with Gasteiger partial charge in [-0.15, -0.1) is 0 Å². The third-order valence-electron chi connectivity index (χ3n) is 2.90. The van der Waals surface area contributed by atoms with Gasteiger partial charge < -0.3 is 0 Å². The zero-order chi connectivity index (χ0) is 18.6. The van der Waals surface area contributed by atoms with Crippen LogP contribution >= 0.6 is 0 Å². The van der Waals surface area contributed by atoms with Crippen LogP contribution in [0.15, 0.2) is 36.4 Å². The molecule has 0 heterocycles. The number of rotatable bonds is 5. The van der Waals surface area contributed by atoms with E-state index in [-0.39, 0.29) is 15.2 Å². The van der Waals surface area contributed by atoms with Crippen LogP contribution in [-0.2, 0) is 4.79 Å². The van der Waals surface area contributed by atoms with Gasteiger partial charge in [0.25, 0.3) is 0 Å². The van der Waals surface area contributed by atoms with Crippen molar-refractivity contribution in [2.45, 2.75) is 6.92 Å². The average molecular weight is 463 g/mol. The summed E-state index contributed by atoms with van der Waals surface area (Å²) in [6, 6.07) is 7.78. The van der Waals surface area contributed by atoms with Crippen LogP contribution < -0.4 is 32.1 Å². The first-order valence-corrected chi connectivity index (χ1v) is 8.80. The standard InChI is InChI=1S/C15H12F2IN3O4/c1-8(22)19-9-2-4-10(5-3-9)20-15(23)13-11(16)6-7-12(14(13)17)18-21(24)25/h2-7,24H,1H3,(H,19,22)(H,20,23)/q-2. The number of hydrogen-bond acceptors (Lipinski definition) is 5. The maximum atomic E-state index is 14.3. The van der Waals surface area contributed by atoms with E-state index in [2.05, 4.69) is 10.6 Å². The van der Waals surface area contributed by atoms with Crippen molar-refractivity contribution in [1.29, 1.82) is 0 Å². The Labute approximate surface area is 151 Å². The van der Waals surface area contributed by atoms with E-state index >= 15 is 0 Å². The van der Waals surface area contributed by atoms with E-state index < -0.39 is 48.0 Å².